The number of amides is 3. The second kappa shape index (κ2) is 8.59. The molecule has 4 rings (SSSR count). The van der Waals surface area contributed by atoms with Crippen LogP contribution in [0.4, 0.5) is 10.5 Å². The van der Waals surface area contributed by atoms with E-state index in [-0.39, 0.29) is 11.9 Å². The van der Waals surface area contributed by atoms with Gasteiger partial charge < -0.3 is 19.9 Å². The number of anilines is 1. The van der Waals surface area contributed by atoms with Crippen molar-refractivity contribution in [1.82, 2.24) is 9.80 Å². The summed E-state index contributed by atoms with van der Waals surface area (Å²) in [6, 6.07) is 13.9. The predicted octanol–water partition coefficient (Wildman–Crippen LogP) is 3.58. The molecule has 1 saturated heterocycles. The number of cyclic esters (lactones) is 1. The molecule has 0 bridgehead atoms. The van der Waals surface area contributed by atoms with Crippen LogP contribution >= 0.6 is 11.6 Å². The van der Waals surface area contributed by atoms with Crippen LogP contribution in [0, 0.1) is 0 Å². The van der Waals surface area contributed by atoms with Crippen molar-refractivity contribution >= 4 is 35.2 Å². The molecule has 0 saturated carbocycles. The first-order valence-electron chi connectivity index (χ1n) is 10.3. The monoisotopic (exact) mass is 441 g/mol. The summed E-state index contributed by atoms with van der Waals surface area (Å²) in [6.07, 6.45) is 0.971. The normalized spacial score (nSPS) is 21.0. The highest BCUT2D eigenvalue weighted by molar-refractivity contribution is 6.30. The van der Waals surface area contributed by atoms with Gasteiger partial charge in [0.05, 0.1) is 5.56 Å². The van der Waals surface area contributed by atoms with E-state index in [1.807, 2.05) is 12.1 Å². The summed E-state index contributed by atoms with van der Waals surface area (Å²) in [6.45, 7) is 3.44. The van der Waals surface area contributed by atoms with E-state index in [0.29, 0.717) is 55.3 Å². The molecule has 1 unspecified atom stereocenters. The Labute approximate surface area is 185 Å². The van der Waals surface area contributed by atoms with Crippen molar-refractivity contribution < 1.29 is 19.1 Å². The van der Waals surface area contributed by atoms with Gasteiger partial charge in [-0.3, -0.25) is 4.79 Å². The summed E-state index contributed by atoms with van der Waals surface area (Å²) in [5.41, 5.74) is 0.693. The highest BCUT2D eigenvalue weighted by atomic mass is 35.5. The lowest BCUT2D eigenvalue weighted by Gasteiger charge is -2.36. The van der Waals surface area contributed by atoms with Crippen LogP contribution in [-0.4, -0.2) is 59.5 Å². The minimum Gasteiger partial charge on any atom is -0.445 e. The summed E-state index contributed by atoms with van der Waals surface area (Å²) >= 11 is 5.98. The van der Waals surface area contributed by atoms with E-state index in [0.717, 1.165) is 5.56 Å². The molecule has 2 heterocycles. The Kier molecular flexibility index (Phi) is 5.87. The van der Waals surface area contributed by atoms with E-state index >= 15 is 0 Å². The standard InChI is InChI=1S/C23H24ClN3O4/c1-23(15-16-6-2-3-9-19(16)20(28)31-23)21(29)26-10-5-11-27(13-12-26)22(30)25-18-8-4-7-17(24)14-18/h2-4,6-9,14H,5,10-13,15H2,1H3,(H,25,30). The smallest absolute Gasteiger partial charge is 0.339 e. The van der Waals surface area contributed by atoms with Crippen LogP contribution in [-0.2, 0) is 16.0 Å². The van der Waals surface area contributed by atoms with E-state index < -0.39 is 11.6 Å². The number of benzene rings is 2. The Morgan fingerprint density at radius 3 is 2.58 bits per heavy atom. The Bertz CT molecular complexity index is 1030. The Balaban J connectivity index is 1.41. The van der Waals surface area contributed by atoms with Gasteiger partial charge in [0, 0.05) is 43.3 Å². The fourth-order valence-corrected chi connectivity index (χ4v) is 4.27. The predicted molar refractivity (Wildman–Crippen MR) is 117 cm³/mol. The van der Waals surface area contributed by atoms with Gasteiger partial charge in [0.15, 0.2) is 5.60 Å². The second-order valence-electron chi connectivity index (χ2n) is 8.03. The van der Waals surface area contributed by atoms with Crippen LogP contribution in [0.2, 0.25) is 5.02 Å². The van der Waals surface area contributed by atoms with E-state index in [2.05, 4.69) is 5.32 Å². The van der Waals surface area contributed by atoms with Crippen molar-refractivity contribution in [3.63, 3.8) is 0 Å². The maximum Gasteiger partial charge on any atom is 0.339 e. The molecule has 2 aromatic rings. The summed E-state index contributed by atoms with van der Waals surface area (Å²) in [5, 5.41) is 3.39. The average molecular weight is 442 g/mol. The lowest BCUT2D eigenvalue weighted by Crippen LogP contribution is -2.54. The third-order valence-corrected chi connectivity index (χ3v) is 5.92. The van der Waals surface area contributed by atoms with Gasteiger partial charge in [-0.1, -0.05) is 35.9 Å². The van der Waals surface area contributed by atoms with Gasteiger partial charge in [-0.25, -0.2) is 9.59 Å². The molecule has 2 aliphatic heterocycles. The lowest BCUT2D eigenvalue weighted by atomic mass is 9.89. The summed E-state index contributed by atoms with van der Waals surface area (Å²) < 4.78 is 5.59. The molecule has 0 radical (unpaired) electrons. The second-order valence-corrected chi connectivity index (χ2v) is 8.46. The van der Waals surface area contributed by atoms with Gasteiger partial charge in [0.1, 0.15) is 0 Å². The highest BCUT2D eigenvalue weighted by Gasteiger charge is 2.45. The number of halogens is 1. The molecule has 0 aliphatic carbocycles. The molecule has 0 spiro atoms. The van der Waals surface area contributed by atoms with E-state index in [9.17, 15) is 14.4 Å². The van der Waals surface area contributed by atoms with Crippen LogP contribution in [0.15, 0.2) is 48.5 Å². The van der Waals surface area contributed by atoms with Crippen molar-refractivity contribution in [3.8, 4) is 0 Å². The van der Waals surface area contributed by atoms with Crippen molar-refractivity contribution in [2.75, 3.05) is 31.5 Å². The summed E-state index contributed by atoms with van der Waals surface area (Å²) in [7, 11) is 0. The molecule has 1 fully saturated rings. The molecule has 1 atom stereocenters. The van der Waals surface area contributed by atoms with E-state index in [1.165, 1.54) is 0 Å². The molecule has 0 aromatic heterocycles. The number of rotatable bonds is 2. The minimum absolute atomic E-state index is 0.229. The number of ether oxygens (including phenoxy) is 1. The topological polar surface area (TPSA) is 79.0 Å². The van der Waals surface area contributed by atoms with Gasteiger partial charge >= 0.3 is 12.0 Å². The summed E-state index contributed by atoms with van der Waals surface area (Å²) in [4.78, 5) is 41.8. The van der Waals surface area contributed by atoms with E-state index in [1.54, 1.807) is 53.1 Å². The number of fused-ring (bicyclic) bond motifs is 1. The third-order valence-electron chi connectivity index (χ3n) is 5.68. The van der Waals surface area contributed by atoms with E-state index in [4.69, 9.17) is 16.3 Å². The number of nitrogens with zero attached hydrogens (tertiary/aromatic N) is 2. The Morgan fingerprint density at radius 2 is 1.77 bits per heavy atom. The molecule has 31 heavy (non-hydrogen) atoms. The zero-order chi connectivity index (χ0) is 22.0. The van der Waals surface area contributed by atoms with Crippen molar-refractivity contribution in [2.24, 2.45) is 0 Å². The molecule has 3 amide bonds. The molecule has 2 aromatic carbocycles. The van der Waals surface area contributed by atoms with Gasteiger partial charge in [-0.15, -0.1) is 0 Å². The molecule has 7 nitrogen and oxygen atoms in total. The molecule has 8 heteroatoms. The van der Waals surface area contributed by atoms with Crippen molar-refractivity contribution in [3.05, 3.63) is 64.7 Å². The first-order chi connectivity index (χ1) is 14.9. The maximum atomic E-state index is 13.3. The van der Waals surface area contributed by atoms with Gasteiger partial charge in [-0.05, 0) is 43.2 Å². The fourth-order valence-electron chi connectivity index (χ4n) is 4.08. The molecule has 162 valence electrons. The first kappa shape index (κ1) is 21.2. The largest absolute Gasteiger partial charge is 0.445 e. The average Bonchev–Trinajstić information content (AvgIpc) is 2.99. The van der Waals surface area contributed by atoms with Gasteiger partial charge in [0.2, 0.25) is 0 Å². The third kappa shape index (κ3) is 4.51. The maximum absolute atomic E-state index is 13.3. The Hall–Kier alpha value is -3.06. The molecule has 1 N–H and O–H groups in total. The van der Waals surface area contributed by atoms with Crippen LogP contribution in [0.1, 0.15) is 29.3 Å². The van der Waals surface area contributed by atoms with Crippen LogP contribution in [0.25, 0.3) is 0 Å². The summed E-state index contributed by atoms with van der Waals surface area (Å²) in [5.74, 6) is -0.706. The van der Waals surface area contributed by atoms with Crippen LogP contribution < -0.4 is 5.32 Å². The van der Waals surface area contributed by atoms with Crippen LogP contribution in [0.3, 0.4) is 0 Å². The number of carbonyl (C=O) groups is 3. The van der Waals surface area contributed by atoms with Gasteiger partial charge in [-0.2, -0.15) is 0 Å². The number of nitrogens with one attached hydrogen (secondary N) is 1. The number of hydrogen-bond acceptors (Lipinski definition) is 4. The number of esters is 1. The highest BCUT2D eigenvalue weighted by Crippen LogP contribution is 2.30. The molecular formula is C23H24ClN3O4. The quantitative estimate of drug-likeness (QED) is 0.722. The molecular weight excluding hydrogens is 418 g/mol. The van der Waals surface area contributed by atoms with Gasteiger partial charge in [0.25, 0.3) is 5.91 Å². The number of urea groups is 1. The van der Waals surface area contributed by atoms with Crippen molar-refractivity contribution in [2.45, 2.75) is 25.4 Å². The van der Waals surface area contributed by atoms with Crippen LogP contribution in [0.5, 0.6) is 0 Å². The zero-order valence-corrected chi connectivity index (χ0v) is 18.0. The first-order valence-corrected chi connectivity index (χ1v) is 10.7. The van der Waals surface area contributed by atoms with Crippen molar-refractivity contribution in [1.29, 1.82) is 0 Å². The Morgan fingerprint density at radius 1 is 1.03 bits per heavy atom. The number of carbonyl (C=O) groups excluding carboxylic acids is 3. The number of hydrogen-bond donors (Lipinski definition) is 1. The SMILES string of the molecule is CC1(C(=O)N2CCCN(C(=O)Nc3cccc(Cl)c3)CC2)Cc2ccccc2C(=O)O1. The minimum atomic E-state index is -1.25. The fraction of sp³-hybridized carbons (Fsp3) is 0.348. The molecule has 2 aliphatic rings. The zero-order valence-electron chi connectivity index (χ0n) is 17.3. The lowest BCUT2D eigenvalue weighted by molar-refractivity contribution is -0.151.